The van der Waals surface area contributed by atoms with Crippen LogP contribution in [0.5, 0.6) is 0 Å². The van der Waals surface area contributed by atoms with Crippen LogP contribution in [0.3, 0.4) is 0 Å². The summed E-state index contributed by atoms with van der Waals surface area (Å²) >= 11 is 0. The number of aliphatic hydroxyl groups is 1. The first-order chi connectivity index (χ1) is 13.4. The van der Waals surface area contributed by atoms with Crippen molar-refractivity contribution in [1.82, 2.24) is 0 Å². The van der Waals surface area contributed by atoms with E-state index in [9.17, 15) is 5.11 Å². The van der Waals surface area contributed by atoms with Crippen molar-refractivity contribution >= 4 is 0 Å². The Balaban J connectivity index is 1.40. The van der Waals surface area contributed by atoms with Crippen molar-refractivity contribution in [2.75, 3.05) is 26.4 Å². The Morgan fingerprint density at radius 2 is 1.54 bits per heavy atom. The molecule has 1 N–H and O–H groups in total. The third kappa shape index (κ3) is 1.41. The van der Waals surface area contributed by atoms with Crippen molar-refractivity contribution in [3.63, 3.8) is 0 Å². The van der Waals surface area contributed by atoms with Crippen molar-refractivity contribution in [3.8, 4) is 0 Å². The van der Waals surface area contributed by atoms with E-state index in [4.69, 9.17) is 18.9 Å². The van der Waals surface area contributed by atoms with Gasteiger partial charge < -0.3 is 24.1 Å². The highest BCUT2D eigenvalue weighted by atomic mass is 16.7. The molecule has 28 heavy (non-hydrogen) atoms. The van der Waals surface area contributed by atoms with Gasteiger partial charge in [0.05, 0.1) is 32.5 Å². The van der Waals surface area contributed by atoms with Gasteiger partial charge in [-0.15, -0.1) is 0 Å². The van der Waals surface area contributed by atoms with Gasteiger partial charge in [0.25, 0.3) is 0 Å². The van der Waals surface area contributed by atoms with Gasteiger partial charge in [0, 0.05) is 35.5 Å². The highest BCUT2D eigenvalue weighted by Gasteiger charge is 2.86. The molecule has 0 radical (unpaired) electrons. The standard InChI is InChI=1S/C23H32O5/c1-18-5-8-23(27-11-12-28-23)19(18,2)13-16(24)17-15-3-4-21(25-9-10-26-21)14-20(15)6-7-22(17,18)20/h16,24H,3-14H2,1-2H3/t16?,18-,19?,20?,22-/m1/s1. The number of ether oxygens (including phenoxy) is 4. The molecule has 7 aliphatic rings. The molecule has 0 aromatic heterocycles. The van der Waals surface area contributed by atoms with Crippen molar-refractivity contribution in [3.05, 3.63) is 11.1 Å². The van der Waals surface area contributed by atoms with Crippen LogP contribution in [0.1, 0.15) is 65.2 Å². The maximum absolute atomic E-state index is 11.4. The van der Waals surface area contributed by atoms with Crippen molar-refractivity contribution in [1.29, 1.82) is 0 Å². The first-order valence-corrected chi connectivity index (χ1v) is 11.4. The Hall–Kier alpha value is -0.460. The fourth-order valence-electron chi connectivity index (χ4n) is 9.70. The van der Waals surface area contributed by atoms with Gasteiger partial charge in [-0.1, -0.05) is 19.4 Å². The normalized spacial score (nSPS) is 54.8. The number of rotatable bonds is 0. The Labute approximate surface area is 166 Å². The summed E-state index contributed by atoms with van der Waals surface area (Å²) in [5.41, 5.74) is 3.11. The lowest BCUT2D eigenvalue weighted by molar-refractivity contribution is -0.320. The number of hydrogen-bond acceptors (Lipinski definition) is 5. The van der Waals surface area contributed by atoms with Crippen LogP contribution in [0, 0.1) is 21.7 Å². The van der Waals surface area contributed by atoms with E-state index in [2.05, 4.69) is 13.8 Å². The molecular weight excluding hydrogens is 356 g/mol. The van der Waals surface area contributed by atoms with Gasteiger partial charge in [0.1, 0.15) is 0 Å². The number of hydrogen-bond donors (Lipinski definition) is 1. The van der Waals surface area contributed by atoms with E-state index in [1.54, 1.807) is 5.57 Å². The molecule has 7 rings (SSSR count). The second-order valence-corrected chi connectivity index (χ2v) is 11.0. The zero-order chi connectivity index (χ0) is 19.0. The summed E-state index contributed by atoms with van der Waals surface area (Å²) in [5.74, 6) is -0.892. The van der Waals surface area contributed by atoms with E-state index in [-0.39, 0.29) is 33.6 Å². The molecule has 4 saturated carbocycles. The van der Waals surface area contributed by atoms with Gasteiger partial charge in [-0.3, -0.25) is 0 Å². The van der Waals surface area contributed by atoms with Crippen LogP contribution in [0.4, 0.5) is 0 Å². The van der Waals surface area contributed by atoms with Crippen molar-refractivity contribution < 1.29 is 24.1 Å². The molecule has 2 saturated heterocycles. The summed E-state index contributed by atoms with van der Waals surface area (Å²) in [4.78, 5) is 0. The minimum absolute atomic E-state index is 0.0727. The molecule has 0 amide bonds. The first kappa shape index (κ1) is 17.2. The SMILES string of the molecule is CC12CC(O)C3=C4CCC5(CC46CC[C@]36[C@]1(C)CCC21OCCO1)OCCO5. The van der Waals surface area contributed by atoms with Gasteiger partial charge in [-0.05, 0) is 43.1 Å². The van der Waals surface area contributed by atoms with E-state index in [0.29, 0.717) is 13.2 Å². The topological polar surface area (TPSA) is 57.2 Å². The second kappa shape index (κ2) is 4.72. The summed E-state index contributed by atoms with van der Waals surface area (Å²) in [7, 11) is 0. The zero-order valence-corrected chi connectivity index (χ0v) is 17.1. The van der Waals surface area contributed by atoms with E-state index in [0.717, 1.165) is 51.7 Å². The molecule has 5 heteroatoms. The molecule has 5 atom stereocenters. The van der Waals surface area contributed by atoms with Crippen LogP contribution >= 0.6 is 0 Å². The molecule has 2 aliphatic heterocycles. The van der Waals surface area contributed by atoms with Gasteiger partial charge in [0.15, 0.2) is 11.6 Å². The number of allylic oxidation sites excluding steroid dienone is 1. The molecule has 5 nitrogen and oxygen atoms in total. The Morgan fingerprint density at radius 1 is 0.821 bits per heavy atom. The quantitative estimate of drug-likeness (QED) is 0.645. The summed E-state index contributed by atoms with van der Waals surface area (Å²) in [6.07, 6.45) is 7.82. The van der Waals surface area contributed by atoms with Crippen LogP contribution in [0.15, 0.2) is 11.1 Å². The molecule has 4 spiro atoms. The minimum atomic E-state index is -0.512. The molecule has 0 bridgehead atoms. The summed E-state index contributed by atoms with van der Waals surface area (Å²) in [5, 5.41) is 11.4. The molecular formula is C23H32O5. The zero-order valence-electron chi connectivity index (χ0n) is 17.1. The van der Waals surface area contributed by atoms with Crippen molar-refractivity contribution in [2.24, 2.45) is 21.7 Å². The van der Waals surface area contributed by atoms with Crippen LogP contribution in [-0.2, 0) is 18.9 Å². The smallest absolute Gasteiger partial charge is 0.174 e. The average molecular weight is 389 g/mol. The van der Waals surface area contributed by atoms with Crippen LogP contribution in [0.25, 0.3) is 0 Å². The Bertz CT molecular complexity index is 793. The maximum Gasteiger partial charge on any atom is 0.174 e. The van der Waals surface area contributed by atoms with Gasteiger partial charge >= 0.3 is 0 Å². The summed E-state index contributed by atoms with van der Waals surface area (Å²) < 4.78 is 25.0. The van der Waals surface area contributed by atoms with E-state index in [1.807, 2.05) is 0 Å². The second-order valence-electron chi connectivity index (χ2n) is 11.0. The molecule has 3 unspecified atom stereocenters. The monoisotopic (exact) mass is 388 g/mol. The molecule has 2 heterocycles. The van der Waals surface area contributed by atoms with E-state index >= 15 is 0 Å². The largest absolute Gasteiger partial charge is 0.389 e. The van der Waals surface area contributed by atoms with Crippen LogP contribution in [-0.4, -0.2) is 49.2 Å². The maximum atomic E-state index is 11.4. The van der Waals surface area contributed by atoms with Crippen molar-refractivity contribution in [2.45, 2.75) is 82.9 Å². The fraction of sp³-hybridized carbons (Fsp3) is 0.913. The Kier molecular flexibility index (Phi) is 2.91. The van der Waals surface area contributed by atoms with E-state index < -0.39 is 5.79 Å². The predicted octanol–water partition coefficient (Wildman–Crippen LogP) is 3.30. The van der Waals surface area contributed by atoms with Gasteiger partial charge in [-0.25, -0.2) is 0 Å². The third-order valence-electron chi connectivity index (χ3n) is 10.9. The first-order valence-electron chi connectivity index (χ1n) is 11.4. The van der Waals surface area contributed by atoms with Gasteiger partial charge in [0.2, 0.25) is 0 Å². The fourth-order valence-corrected chi connectivity index (χ4v) is 9.70. The lowest BCUT2D eigenvalue weighted by Crippen LogP contribution is -2.78. The minimum Gasteiger partial charge on any atom is -0.389 e. The third-order valence-corrected chi connectivity index (χ3v) is 10.9. The highest BCUT2D eigenvalue weighted by molar-refractivity contribution is 5.57. The van der Waals surface area contributed by atoms with Gasteiger partial charge in [-0.2, -0.15) is 0 Å². The lowest BCUT2D eigenvalue weighted by Gasteiger charge is -2.82. The van der Waals surface area contributed by atoms with Crippen LogP contribution < -0.4 is 0 Å². The molecule has 154 valence electrons. The lowest BCUT2D eigenvalue weighted by atomic mass is 9.22. The molecule has 0 aromatic rings. The molecule has 0 aromatic carbocycles. The van der Waals surface area contributed by atoms with E-state index in [1.165, 1.54) is 18.4 Å². The highest BCUT2D eigenvalue weighted by Crippen LogP contribution is 2.90. The number of fused-ring (bicyclic) bond motifs is 2. The summed E-state index contributed by atoms with van der Waals surface area (Å²) in [6, 6.07) is 0. The predicted molar refractivity (Wildman–Crippen MR) is 100 cm³/mol. The number of aliphatic hydroxyl groups excluding tert-OH is 1. The molecule has 6 fully saturated rings. The van der Waals surface area contributed by atoms with Crippen LogP contribution in [0.2, 0.25) is 0 Å². The average Bonchev–Trinajstić information content (AvgIpc) is 3.37. The Morgan fingerprint density at radius 3 is 2.21 bits per heavy atom. The molecule has 5 aliphatic carbocycles. The summed E-state index contributed by atoms with van der Waals surface area (Å²) in [6.45, 7) is 7.64.